The van der Waals surface area contributed by atoms with Crippen molar-refractivity contribution in [2.24, 2.45) is 0 Å². The van der Waals surface area contributed by atoms with Crippen molar-refractivity contribution >= 4 is 49.4 Å². The summed E-state index contributed by atoms with van der Waals surface area (Å²) in [6.07, 6.45) is 0. The topological polar surface area (TPSA) is 3.24 Å². The van der Waals surface area contributed by atoms with Gasteiger partial charge in [0.1, 0.15) is 0 Å². The zero-order valence-electron chi connectivity index (χ0n) is 31.7. The van der Waals surface area contributed by atoms with E-state index in [4.69, 9.17) is 0 Å². The molecule has 0 spiro atoms. The van der Waals surface area contributed by atoms with Crippen LogP contribution in [0, 0.1) is 0 Å². The van der Waals surface area contributed by atoms with Crippen LogP contribution >= 0.6 is 0 Å². The van der Waals surface area contributed by atoms with Gasteiger partial charge in [-0.1, -0.05) is 188 Å². The van der Waals surface area contributed by atoms with E-state index in [1.807, 2.05) is 0 Å². The van der Waals surface area contributed by atoms with Crippen molar-refractivity contribution in [3.63, 3.8) is 0 Å². The molecule has 0 N–H and O–H groups in total. The Morgan fingerprint density at radius 2 is 0.877 bits per heavy atom. The average Bonchev–Trinajstić information content (AvgIpc) is 3.55. The van der Waals surface area contributed by atoms with Gasteiger partial charge in [0.25, 0.3) is 0 Å². The standard InChI is InChI=1S/C56H39N/c1-56(41-24-9-4-10-25-41)51-30-16-15-28-47(51)49-36-43(33-35-52(49)56)57(53-31-17-23-38-18-11-12-26-44(38)53)42-32-34-46-45-27-13-14-29-48(45)54(39-19-5-2-6-20-39)55(50(46)37-42)40-21-7-3-8-22-40/h2-37H,1H3. The number of anilines is 3. The molecular formula is C56H39N. The van der Waals surface area contributed by atoms with Gasteiger partial charge in [0, 0.05) is 22.2 Å². The van der Waals surface area contributed by atoms with Gasteiger partial charge in [-0.2, -0.15) is 0 Å². The molecule has 1 atom stereocenters. The fourth-order valence-corrected chi connectivity index (χ4v) is 9.67. The lowest BCUT2D eigenvalue weighted by Crippen LogP contribution is -2.22. The highest BCUT2D eigenvalue weighted by atomic mass is 15.1. The maximum atomic E-state index is 2.48. The number of fused-ring (bicyclic) bond motifs is 7. The van der Waals surface area contributed by atoms with Crippen molar-refractivity contribution in [3.8, 4) is 33.4 Å². The molecule has 268 valence electrons. The fraction of sp³-hybridized carbons (Fsp3) is 0.0357. The Labute approximate surface area is 333 Å². The van der Waals surface area contributed by atoms with Crippen LogP contribution in [0.4, 0.5) is 17.1 Å². The SMILES string of the molecule is CC1(c2ccccc2)c2ccccc2-c2cc(N(c3ccc4c(c3)c(-c3ccccc3)c(-c3ccccc3)c3ccccc34)c3cccc4ccccc34)ccc21. The van der Waals surface area contributed by atoms with E-state index in [-0.39, 0.29) is 5.41 Å². The molecule has 0 radical (unpaired) electrons. The molecule has 1 heteroatoms. The van der Waals surface area contributed by atoms with E-state index in [9.17, 15) is 0 Å². The number of benzene rings is 10. The van der Waals surface area contributed by atoms with Gasteiger partial charge in [0.05, 0.1) is 5.69 Å². The molecule has 1 unspecified atom stereocenters. The molecule has 1 nitrogen and oxygen atoms in total. The summed E-state index contributed by atoms with van der Waals surface area (Å²) in [6, 6.07) is 80.4. The van der Waals surface area contributed by atoms with Gasteiger partial charge in [0.15, 0.2) is 0 Å². The Morgan fingerprint density at radius 1 is 0.351 bits per heavy atom. The van der Waals surface area contributed by atoms with Crippen LogP contribution in [0.25, 0.3) is 65.7 Å². The van der Waals surface area contributed by atoms with Crippen LogP contribution in [0.5, 0.6) is 0 Å². The van der Waals surface area contributed by atoms with Gasteiger partial charge in [0.2, 0.25) is 0 Å². The summed E-state index contributed by atoms with van der Waals surface area (Å²) in [4.78, 5) is 2.48. The molecule has 0 aliphatic heterocycles. The van der Waals surface area contributed by atoms with Gasteiger partial charge < -0.3 is 4.90 Å². The monoisotopic (exact) mass is 725 g/mol. The number of rotatable bonds is 6. The summed E-state index contributed by atoms with van der Waals surface area (Å²) in [5, 5.41) is 7.40. The number of nitrogens with zero attached hydrogens (tertiary/aromatic N) is 1. The Balaban J connectivity index is 1.22. The second-order valence-electron chi connectivity index (χ2n) is 15.4. The van der Waals surface area contributed by atoms with Crippen LogP contribution in [0.1, 0.15) is 23.6 Å². The number of hydrogen-bond acceptors (Lipinski definition) is 1. The van der Waals surface area contributed by atoms with Crippen molar-refractivity contribution < 1.29 is 0 Å². The second-order valence-corrected chi connectivity index (χ2v) is 15.4. The quantitative estimate of drug-likeness (QED) is 0.154. The zero-order valence-corrected chi connectivity index (χ0v) is 31.7. The summed E-state index contributed by atoms with van der Waals surface area (Å²) >= 11 is 0. The molecule has 0 fully saturated rings. The van der Waals surface area contributed by atoms with Crippen molar-refractivity contribution in [3.05, 3.63) is 235 Å². The Hall–Kier alpha value is -7.22. The van der Waals surface area contributed by atoms with E-state index >= 15 is 0 Å². The van der Waals surface area contributed by atoms with Crippen LogP contribution in [-0.2, 0) is 5.41 Å². The highest BCUT2D eigenvalue weighted by molar-refractivity contribution is 6.22. The molecule has 10 aromatic rings. The normalized spacial score (nSPS) is 14.5. The van der Waals surface area contributed by atoms with Crippen molar-refractivity contribution in [1.82, 2.24) is 0 Å². The molecule has 1 aliphatic rings. The lowest BCUT2D eigenvalue weighted by atomic mass is 9.74. The maximum Gasteiger partial charge on any atom is 0.0540 e. The van der Waals surface area contributed by atoms with Crippen LogP contribution in [0.15, 0.2) is 218 Å². The lowest BCUT2D eigenvalue weighted by Gasteiger charge is -2.30. The first-order chi connectivity index (χ1) is 28.2. The Bertz CT molecular complexity index is 3120. The first kappa shape index (κ1) is 33.1. The molecule has 11 rings (SSSR count). The first-order valence-electron chi connectivity index (χ1n) is 19.9. The lowest BCUT2D eigenvalue weighted by molar-refractivity contribution is 0.714. The predicted octanol–water partition coefficient (Wildman–Crippen LogP) is 15.3. The van der Waals surface area contributed by atoms with Crippen LogP contribution in [-0.4, -0.2) is 0 Å². The third-order valence-corrected chi connectivity index (χ3v) is 12.3. The largest absolute Gasteiger partial charge is 0.310 e. The van der Waals surface area contributed by atoms with Crippen molar-refractivity contribution in [1.29, 1.82) is 0 Å². The molecule has 0 saturated heterocycles. The van der Waals surface area contributed by atoms with E-state index < -0.39 is 0 Å². The van der Waals surface area contributed by atoms with Gasteiger partial charge in [-0.05, 0) is 114 Å². The van der Waals surface area contributed by atoms with Crippen LogP contribution < -0.4 is 4.90 Å². The van der Waals surface area contributed by atoms with Gasteiger partial charge in [-0.25, -0.2) is 0 Å². The Morgan fingerprint density at radius 3 is 1.63 bits per heavy atom. The minimum Gasteiger partial charge on any atom is -0.310 e. The van der Waals surface area contributed by atoms with Crippen LogP contribution in [0.3, 0.4) is 0 Å². The van der Waals surface area contributed by atoms with Crippen LogP contribution in [0.2, 0.25) is 0 Å². The molecule has 0 amide bonds. The highest BCUT2D eigenvalue weighted by Crippen LogP contribution is 2.54. The van der Waals surface area contributed by atoms with E-state index in [1.54, 1.807) is 0 Å². The first-order valence-corrected chi connectivity index (χ1v) is 19.9. The average molecular weight is 726 g/mol. The van der Waals surface area contributed by atoms with Crippen molar-refractivity contribution in [2.45, 2.75) is 12.3 Å². The highest BCUT2D eigenvalue weighted by Gasteiger charge is 2.41. The van der Waals surface area contributed by atoms with Gasteiger partial charge in [-0.3, -0.25) is 0 Å². The molecule has 0 saturated carbocycles. The van der Waals surface area contributed by atoms with E-state index in [0.717, 1.165) is 17.1 Å². The van der Waals surface area contributed by atoms with E-state index in [2.05, 4.69) is 230 Å². The molecular weight excluding hydrogens is 687 g/mol. The third-order valence-electron chi connectivity index (χ3n) is 12.3. The van der Waals surface area contributed by atoms with E-state index in [1.165, 1.54) is 82.4 Å². The summed E-state index contributed by atoms with van der Waals surface area (Å²) in [6.45, 7) is 2.39. The smallest absolute Gasteiger partial charge is 0.0540 e. The maximum absolute atomic E-state index is 2.48. The second kappa shape index (κ2) is 13.2. The summed E-state index contributed by atoms with van der Waals surface area (Å²) in [5.41, 5.74) is 14.6. The zero-order chi connectivity index (χ0) is 37.9. The van der Waals surface area contributed by atoms with Gasteiger partial charge in [-0.15, -0.1) is 0 Å². The van der Waals surface area contributed by atoms with Crippen molar-refractivity contribution in [2.75, 3.05) is 4.90 Å². The molecule has 57 heavy (non-hydrogen) atoms. The minimum absolute atomic E-state index is 0.265. The summed E-state index contributed by atoms with van der Waals surface area (Å²) < 4.78 is 0. The third kappa shape index (κ3) is 5.16. The predicted molar refractivity (Wildman–Crippen MR) is 242 cm³/mol. The molecule has 10 aromatic carbocycles. The summed E-state index contributed by atoms with van der Waals surface area (Å²) in [5.74, 6) is 0. The number of hydrogen-bond donors (Lipinski definition) is 0. The molecule has 0 bridgehead atoms. The Kier molecular flexibility index (Phi) is 7.69. The van der Waals surface area contributed by atoms with E-state index in [0.29, 0.717) is 0 Å². The molecule has 0 heterocycles. The fourth-order valence-electron chi connectivity index (χ4n) is 9.67. The molecule has 1 aliphatic carbocycles. The summed E-state index contributed by atoms with van der Waals surface area (Å²) in [7, 11) is 0. The minimum atomic E-state index is -0.265. The molecule has 0 aromatic heterocycles. The van der Waals surface area contributed by atoms with Gasteiger partial charge >= 0.3 is 0 Å².